The summed E-state index contributed by atoms with van der Waals surface area (Å²) < 4.78 is 11.8. The zero-order chi connectivity index (χ0) is 30.4. The van der Waals surface area contributed by atoms with Crippen LogP contribution in [0, 0.1) is 0 Å². The van der Waals surface area contributed by atoms with Crippen molar-refractivity contribution in [3.63, 3.8) is 0 Å². The zero-order valence-corrected chi connectivity index (χ0v) is 25.9. The summed E-state index contributed by atoms with van der Waals surface area (Å²) in [6.07, 6.45) is 6.96. The molecular formula is C37H37NO4S. The molecule has 0 saturated heterocycles. The molecule has 1 atom stereocenters. The molecule has 1 unspecified atom stereocenters. The van der Waals surface area contributed by atoms with Crippen molar-refractivity contribution in [1.29, 1.82) is 0 Å². The van der Waals surface area contributed by atoms with E-state index in [1.807, 2.05) is 51.3 Å². The fourth-order valence-corrected chi connectivity index (χ4v) is 6.12. The van der Waals surface area contributed by atoms with E-state index in [0.29, 0.717) is 22.6 Å². The number of carbonyl (C=O) groups excluding carboxylic acids is 1. The highest BCUT2D eigenvalue weighted by atomic mass is 32.2. The number of aromatic hydroxyl groups is 1. The van der Waals surface area contributed by atoms with E-state index in [1.165, 1.54) is 15.4 Å². The lowest BCUT2D eigenvalue weighted by molar-refractivity contribution is 0.0734. The van der Waals surface area contributed by atoms with E-state index < -0.39 is 5.97 Å². The normalized spacial score (nSPS) is 14.0. The molecule has 0 saturated carbocycles. The van der Waals surface area contributed by atoms with E-state index in [2.05, 4.69) is 37.3 Å². The second kappa shape index (κ2) is 13.3. The number of ether oxygens (including phenoxy) is 2. The standard InChI is InChI=1S/C37H37NO4S/c1-5-32(35-12-8-10-26-9-6-7-11-34(26)43-35)38-24-29-23-28(25-13-18-30(39)19-14-25)17-22-33(29)41-36(40)27-15-20-31(21-16-27)42-37(2,3)4/h6-7,9,11-24,32,39H,5,8,10H2,1-4H3. The Bertz CT molecular complexity index is 1630. The van der Waals surface area contributed by atoms with Crippen LogP contribution in [-0.4, -0.2) is 28.9 Å². The van der Waals surface area contributed by atoms with Gasteiger partial charge in [-0.25, -0.2) is 4.79 Å². The first kappa shape index (κ1) is 30.2. The van der Waals surface area contributed by atoms with Crippen LogP contribution in [0.15, 0.2) is 112 Å². The number of carbonyl (C=O) groups is 1. The van der Waals surface area contributed by atoms with Gasteiger partial charge < -0.3 is 14.6 Å². The van der Waals surface area contributed by atoms with Gasteiger partial charge in [0, 0.05) is 21.6 Å². The Morgan fingerprint density at radius 2 is 1.70 bits per heavy atom. The van der Waals surface area contributed by atoms with Crippen molar-refractivity contribution in [3.8, 4) is 28.4 Å². The molecular weight excluding hydrogens is 554 g/mol. The molecule has 0 amide bonds. The molecule has 5 rings (SSSR count). The summed E-state index contributed by atoms with van der Waals surface area (Å²) in [5.41, 5.74) is 4.02. The molecule has 4 aromatic carbocycles. The van der Waals surface area contributed by atoms with Crippen LogP contribution in [0.5, 0.6) is 17.2 Å². The van der Waals surface area contributed by atoms with Crippen molar-refractivity contribution in [2.75, 3.05) is 0 Å². The Hall–Kier alpha value is -4.29. The average molecular weight is 592 g/mol. The summed E-state index contributed by atoms with van der Waals surface area (Å²) in [5.74, 6) is 0.861. The molecule has 4 aromatic rings. The van der Waals surface area contributed by atoms with Gasteiger partial charge in [0.05, 0.1) is 11.6 Å². The van der Waals surface area contributed by atoms with Crippen LogP contribution >= 0.6 is 11.8 Å². The van der Waals surface area contributed by atoms with Crippen molar-refractivity contribution in [3.05, 3.63) is 119 Å². The van der Waals surface area contributed by atoms with Gasteiger partial charge in [-0.05, 0) is 111 Å². The second-order valence-corrected chi connectivity index (χ2v) is 12.6. The van der Waals surface area contributed by atoms with Gasteiger partial charge in [-0.15, -0.1) is 0 Å². The molecule has 0 fully saturated rings. The number of phenolic OH excluding ortho intramolecular Hbond substituents is 1. The highest BCUT2D eigenvalue weighted by Gasteiger charge is 2.18. The van der Waals surface area contributed by atoms with E-state index in [-0.39, 0.29) is 17.4 Å². The fourth-order valence-electron chi connectivity index (χ4n) is 4.85. The Morgan fingerprint density at radius 3 is 2.42 bits per heavy atom. The number of rotatable bonds is 8. The molecule has 1 aliphatic heterocycles. The van der Waals surface area contributed by atoms with E-state index >= 15 is 0 Å². The van der Waals surface area contributed by atoms with Gasteiger partial charge in [0.25, 0.3) is 0 Å². The minimum atomic E-state index is -0.458. The lowest BCUT2D eigenvalue weighted by Crippen LogP contribution is -2.22. The summed E-state index contributed by atoms with van der Waals surface area (Å²) in [7, 11) is 0. The number of fused-ring (bicyclic) bond motifs is 1. The zero-order valence-electron chi connectivity index (χ0n) is 25.0. The first-order valence-corrected chi connectivity index (χ1v) is 15.4. The molecule has 6 heteroatoms. The number of hydrogen-bond acceptors (Lipinski definition) is 6. The Kier molecular flexibility index (Phi) is 9.37. The van der Waals surface area contributed by atoms with Gasteiger partial charge in [0.2, 0.25) is 0 Å². The predicted octanol–water partition coefficient (Wildman–Crippen LogP) is 9.28. The van der Waals surface area contributed by atoms with E-state index in [9.17, 15) is 9.90 Å². The molecule has 0 aliphatic carbocycles. The van der Waals surface area contributed by atoms with E-state index in [4.69, 9.17) is 14.5 Å². The van der Waals surface area contributed by atoms with Gasteiger partial charge in [-0.2, -0.15) is 0 Å². The first-order valence-electron chi connectivity index (χ1n) is 14.6. The number of hydrogen-bond donors (Lipinski definition) is 1. The van der Waals surface area contributed by atoms with Gasteiger partial charge in [0.15, 0.2) is 0 Å². The van der Waals surface area contributed by atoms with Crippen LogP contribution in [-0.2, 0) is 6.42 Å². The van der Waals surface area contributed by atoms with Crippen molar-refractivity contribution >= 4 is 23.9 Å². The van der Waals surface area contributed by atoms with Crippen molar-refractivity contribution in [2.45, 2.75) is 63.5 Å². The fraction of sp³-hybridized carbons (Fsp3) is 0.243. The predicted molar refractivity (Wildman–Crippen MR) is 176 cm³/mol. The summed E-state index contributed by atoms with van der Waals surface area (Å²) in [4.78, 5) is 20.7. The molecule has 0 radical (unpaired) electrons. The summed E-state index contributed by atoms with van der Waals surface area (Å²) in [6, 6.07) is 28.2. The highest BCUT2D eigenvalue weighted by molar-refractivity contribution is 8.03. The second-order valence-electron chi connectivity index (χ2n) is 11.5. The number of esters is 1. The SMILES string of the molecule is CCC(N=Cc1cc(-c2ccc(O)cc2)ccc1OC(=O)c1ccc(OC(C)(C)C)cc1)C1=CCCc2ccccc2S1. The molecule has 1 N–H and O–H groups in total. The maximum Gasteiger partial charge on any atom is 0.343 e. The summed E-state index contributed by atoms with van der Waals surface area (Å²) in [5, 5.41) is 9.77. The number of thioether (sulfide) groups is 1. The van der Waals surface area contributed by atoms with E-state index in [1.54, 1.807) is 54.2 Å². The van der Waals surface area contributed by atoms with Crippen LogP contribution in [0.4, 0.5) is 0 Å². The van der Waals surface area contributed by atoms with Crippen LogP contribution in [0.1, 0.15) is 62.0 Å². The van der Waals surface area contributed by atoms with Crippen LogP contribution in [0.3, 0.4) is 0 Å². The molecule has 5 nitrogen and oxygen atoms in total. The summed E-state index contributed by atoms with van der Waals surface area (Å²) in [6.45, 7) is 8.08. The van der Waals surface area contributed by atoms with Crippen LogP contribution < -0.4 is 9.47 Å². The lowest BCUT2D eigenvalue weighted by atomic mass is 10.0. The number of aliphatic imine (C=N–C) groups is 1. The molecule has 0 spiro atoms. The van der Waals surface area contributed by atoms with Gasteiger partial charge >= 0.3 is 5.97 Å². The Labute approximate surface area is 258 Å². The maximum atomic E-state index is 13.2. The van der Waals surface area contributed by atoms with Crippen molar-refractivity contribution in [2.24, 2.45) is 4.99 Å². The minimum Gasteiger partial charge on any atom is -0.508 e. The third-order valence-corrected chi connectivity index (χ3v) is 8.29. The van der Waals surface area contributed by atoms with Crippen molar-refractivity contribution in [1.82, 2.24) is 0 Å². The first-order chi connectivity index (χ1) is 20.7. The highest BCUT2D eigenvalue weighted by Crippen LogP contribution is 2.37. The molecule has 1 aliphatic rings. The molecule has 43 heavy (non-hydrogen) atoms. The van der Waals surface area contributed by atoms with Gasteiger partial charge in [-0.1, -0.05) is 61.2 Å². The minimum absolute atomic E-state index is 0.0209. The van der Waals surface area contributed by atoms with Gasteiger partial charge in [-0.3, -0.25) is 4.99 Å². The molecule has 0 aromatic heterocycles. The number of benzene rings is 4. The van der Waals surface area contributed by atoms with Crippen LogP contribution in [0.2, 0.25) is 0 Å². The molecule has 220 valence electrons. The average Bonchev–Trinajstić information content (AvgIpc) is 3.21. The van der Waals surface area contributed by atoms with Crippen molar-refractivity contribution < 1.29 is 19.4 Å². The van der Waals surface area contributed by atoms with E-state index in [0.717, 1.165) is 30.4 Å². The molecule has 0 bridgehead atoms. The topological polar surface area (TPSA) is 68.1 Å². The third-order valence-electron chi connectivity index (χ3n) is 7.00. The quantitative estimate of drug-likeness (QED) is 0.126. The number of allylic oxidation sites excluding steroid dienone is 1. The monoisotopic (exact) mass is 591 g/mol. The number of phenols is 1. The third kappa shape index (κ3) is 7.96. The lowest BCUT2D eigenvalue weighted by Gasteiger charge is -2.21. The smallest absolute Gasteiger partial charge is 0.343 e. The summed E-state index contributed by atoms with van der Waals surface area (Å²) >= 11 is 1.79. The number of aryl methyl sites for hydroxylation is 1. The maximum absolute atomic E-state index is 13.2. The van der Waals surface area contributed by atoms with Gasteiger partial charge in [0.1, 0.15) is 22.8 Å². The molecule has 1 heterocycles. The number of nitrogens with zero attached hydrogens (tertiary/aromatic N) is 1. The van der Waals surface area contributed by atoms with Crippen LogP contribution in [0.25, 0.3) is 11.1 Å². The Balaban J connectivity index is 1.43. The Morgan fingerprint density at radius 1 is 0.977 bits per heavy atom. The largest absolute Gasteiger partial charge is 0.508 e.